The largest absolute Gasteiger partial charge is 0.478 e. The Morgan fingerprint density at radius 1 is 0.824 bits per heavy atom. The highest BCUT2D eigenvalue weighted by Crippen LogP contribution is 2.23. The van der Waals surface area contributed by atoms with Gasteiger partial charge in [0.25, 0.3) is 0 Å². The Balaban J connectivity index is -0.000000442. The molecule has 1 rings (SSSR count). The highest BCUT2D eigenvalue weighted by atomic mass is 16.4. The highest BCUT2D eigenvalue weighted by molar-refractivity contribution is 5.85. The second-order valence-electron chi connectivity index (χ2n) is 7.49. The molecule has 1 aromatic rings. The summed E-state index contributed by atoms with van der Waals surface area (Å²) in [5, 5.41) is 23.7. The number of aryl methyl sites for hydroxylation is 1. The molecular weight excluding hydrogens is 432 g/mol. The van der Waals surface area contributed by atoms with Gasteiger partial charge in [-0.15, -0.1) is 6.58 Å². The van der Waals surface area contributed by atoms with E-state index < -0.39 is 17.9 Å². The Morgan fingerprint density at radius 2 is 1.21 bits per heavy atom. The Kier molecular flexibility index (Phi) is 20.5. The average Bonchev–Trinajstić information content (AvgIpc) is 2.75. The number of rotatable bonds is 9. The zero-order valence-electron chi connectivity index (χ0n) is 21.2. The zero-order valence-corrected chi connectivity index (χ0v) is 21.2. The fraction of sp³-hybridized carbons (Fsp3) is 0.321. The van der Waals surface area contributed by atoms with E-state index in [-0.39, 0.29) is 16.7 Å². The number of benzene rings is 1. The van der Waals surface area contributed by atoms with Gasteiger partial charge in [0, 0.05) is 16.7 Å². The Hall–Kier alpha value is -3.67. The van der Waals surface area contributed by atoms with Crippen LogP contribution in [0.3, 0.4) is 0 Å². The quantitative estimate of drug-likeness (QED) is 0.274. The first-order valence-electron chi connectivity index (χ1n) is 10.7. The van der Waals surface area contributed by atoms with E-state index in [2.05, 4.69) is 58.9 Å². The van der Waals surface area contributed by atoms with Gasteiger partial charge >= 0.3 is 17.9 Å². The topological polar surface area (TPSA) is 112 Å². The maximum absolute atomic E-state index is 9.60. The minimum atomic E-state index is -0.935. The van der Waals surface area contributed by atoms with E-state index in [9.17, 15) is 14.4 Å². The Labute approximate surface area is 204 Å². The van der Waals surface area contributed by atoms with E-state index in [0.29, 0.717) is 0 Å². The summed E-state index contributed by atoms with van der Waals surface area (Å²) in [6, 6.07) is 4.37. The van der Waals surface area contributed by atoms with Crippen molar-refractivity contribution in [2.45, 2.75) is 60.3 Å². The lowest BCUT2D eigenvalue weighted by molar-refractivity contribution is -0.133. The number of carboxylic acids is 3. The van der Waals surface area contributed by atoms with E-state index in [1.165, 1.54) is 62.3 Å². The predicted octanol–water partition coefficient (Wildman–Crippen LogP) is 6.65. The van der Waals surface area contributed by atoms with Crippen LogP contribution in [0.1, 0.15) is 62.8 Å². The van der Waals surface area contributed by atoms with Crippen LogP contribution in [-0.2, 0) is 27.2 Å². The van der Waals surface area contributed by atoms with Crippen LogP contribution in [0.5, 0.6) is 0 Å². The lowest BCUT2D eigenvalue weighted by Gasteiger charge is -2.14. The van der Waals surface area contributed by atoms with Crippen molar-refractivity contribution in [3.05, 3.63) is 90.1 Å². The molecule has 0 spiro atoms. The van der Waals surface area contributed by atoms with Gasteiger partial charge in [0.1, 0.15) is 0 Å². The van der Waals surface area contributed by atoms with Crippen LogP contribution in [0.2, 0.25) is 0 Å². The third kappa shape index (κ3) is 18.0. The predicted molar refractivity (Wildman–Crippen MR) is 141 cm³/mol. The van der Waals surface area contributed by atoms with Gasteiger partial charge in [-0.3, -0.25) is 0 Å². The molecule has 0 aromatic heterocycles. The summed E-state index contributed by atoms with van der Waals surface area (Å²) in [4.78, 5) is 28.8. The molecule has 6 heteroatoms. The lowest BCUT2D eigenvalue weighted by atomic mass is 9.91. The highest BCUT2D eigenvalue weighted by Gasteiger charge is 2.07. The standard InChI is InChI=1S/C16H22.3C4H6O2/c1-5-8-10-15-13(4)11-12-14(7-3)16(15)9-6-2;3*1-3(2)4(5)6/h6-7,11-12H,2-3,5,8-10H2,1,4H3;3*1H2,2H3,(H,5,6). The van der Waals surface area contributed by atoms with Crippen molar-refractivity contribution in [3.8, 4) is 0 Å². The van der Waals surface area contributed by atoms with Crippen LogP contribution in [0.25, 0.3) is 6.08 Å². The third-order valence-corrected chi connectivity index (χ3v) is 4.15. The van der Waals surface area contributed by atoms with Crippen molar-refractivity contribution in [2.24, 2.45) is 0 Å². The molecule has 0 aliphatic carbocycles. The van der Waals surface area contributed by atoms with Crippen LogP contribution < -0.4 is 0 Å². The van der Waals surface area contributed by atoms with E-state index in [1.54, 1.807) is 0 Å². The smallest absolute Gasteiger partial charge is 0.330 e. The molecule has 0 aliphatic heterocycles. The number of carbonyl (C=O) groups is 3. The normalized spacial score (nSPS) is 8.74. The summed E-state index contributed by atoms with van der Waals surface area (Å²) in [5.74, 6) is -2.81. The second-order valence-corrected chi connectivity index (χ2v) is 7.49. The summed E-state index contributed by atoms with van der Waals surface area (Å²) in [5.41, 5.74) is 6.10. The molecule has 0 amide bonds. The van der Waals surface area contributed by atoms with Crippen molar-refractivity contribution < 1.29 is 29.7 Å². The van der Waals surface area contributed by atoms with Gasteiger partial charge in [-0.05, 0) is 69.2 Å². The molecule has 0 aliphatic rings. The van der Waals surface area contributed by atoms with Crippen molar-refractivity contribution in [2.75, 3.05) is 0 Å². The first-order chi connectivity index (χ1) is 15.7. The fourth-order valence-electron chi connectivity index (χ4n) is 2.11. The van der Waals surface area contributed by atoms with Crippen molar-refractivity contribution in [1.82, 2.24) is 0 Å². The molecule has 6 nitrogen and oxygen atoms in total. The van der Waals surface area contributed by atoms with Crippen LogP contribution in [-0.4, -0.2) is 33.2 Å². The van der Waals surface area contributed by atoms with Crippen molar-refractivity contribution >= 4 is 24.0 Å². The van der Waals surface area contributed by atoms with Gasteiger partial charge < -0.3 is 15.3 Å². The summed E-state index contributed by atoms with van der Waals surface area (Å²) in [7, 11) is 0. The van der Waals surface area contributed by atoms with Crippen molar-refractivity contribution in [3.63, 3.8) is 0 Å². The number of unbranched alkanes of at least 4 members (excludes halogenated alkanes) is 1. The molecule has 0 bridgehead atoms. The van der Waals surface area contributed by atoms with Gasteiger partial charge in [0.2, 0.25) is 0 Å². The van der Waals surface area contributed by atoms with Gasteiger partial charge in [0.15, 0.2) is 0 Å². The molecule has 188 valence electrons. The zero-order chi connectivity index (χ0) is 27.4. The summed E-state index contributed by atoms with van der Waals surface area (Å²) in [6.07, 6.45) is 8.55. The molecule has 0 saturated carbocycles. The first-order valence-corrected chi connectivity index (χ1v) is 10.7. The van der Waals surface area contributed by atoms with Crippen LogP contribution in [0, 0.1) is 6.92 Å². The van der Waals surface area contributed by atoms with Gasteiger partial charge in [-0.25, -0.2) is 14.4 Å². The summed E-state index contributed by atoms with van der Waals surface area (Å²) >= 11 is 0. The Morgan fingerprint density at radius 3 is 1.47 bits per heavy atom. The van der Waals surface area contributed by atoms with E-state index in [1.807, 2.05) is 12.2 Å². The maximum atomic E-state index is 9.60. The first kappa shape index (κ1) is 34.9. The molecule has 0 heterocycles. The van der Waals surface area contributed by atoms with E-state index >= 15 is 0 Å². The fourth-order valence-corrected chi connectivity index (χ4v) is 2.11. The maximum Gasteiger partial charge on any atom is 0.330 e. The van der Waals surface area contributed by atoms with Crippen molar-refractivity contribution in [1.29, 1.82) is 0 Å². The van der Waals surface area contributed by atoms with E-state index in [4.69, 9.17) is 15.3 Å². The molecule has 0 fully saturated rings. The van der Waals surface area contributed by atoms with Gasteiger partial charge in [-0.1, -0.05) is 63.9 Å². The van der Waals surface area contributed by atoms with Crippen LogP contribution in [0.15, 0.2) is 67.8 Å². The second kappa shape index (κ2) is 20.0. The monoisotopic (exact) mass is 472 g/mol. The Bertz CT molecular complexity index is 797. The summed E-state index contributed by atoms with van der Waals surface area (Å²) < 4.78 is 0. The number of aliphatic carboxylic acids is 3. The van der Waals surface area contributed by atoms with Gasteiger partial charge in [0.05, 0.1) is 0 Å². The molecular formula is C28H40O6. The molecule has 34 heavy (non-hydrogen) atoms. The molecule has 3 N–H and O–H groups in total. The minimum absolute atomic E-state index is 0.176. The number of hydrogen-bond donors (Lipinski definition) is 3. The van der Waals surface area contributed by atoms with E-state index in [0.717, 1.165) is 6.42 Å². The molecule has 0 atom stereocenters. The number of carboxylic acid groups (broad SMARTS) is 3. The summed E-state index contributed by atoms with van der Waals surface area (Å²) in [6.45, 7) is 26.0. The number of hydrogen-bond acceptors (Lipinski definition) is 3. The molecule has 0 unspecified atom stereocenters. The lowest BCUT2D eigenvalue weighted by Crippen LogP contribution is -2.00. The number of allylic oxidation sites excluding steroid dienone is 1. The molecule has 1 aromatic carbocycles. The third-order valence-electron chi connectivity index (χ3n) is 4.15. The SMILES string of the molecule is C=C(C)C(=O)O.C=C(C)C(=O)O.C=C(C)C(=O)O.C=CCc1c(C=C)ccc(C)c1CCCC. The average molecular weight is 473 g/mol. The molecule has 0 saturated heterocycles. The van der Waals surface area contributed by atoms with Crippen LogP contribution >= 0.6 is 0 Å². The van der Waals surface area contributed by atoms with Gasteiger partial charge in [-0.2, -0.15) is 0 Å². The van der Waals surface area contributed by atoms with Crippen LogP contribution in [0.4, 0.5) is 0 Å². The molecule has 0 radical (unpaired) electrons. The minimum Gasteiger partial charge on any atom is -0.478 e.